The molecule has 0 saturated carbocycles. The Hall–Kier alpha value is -1.75. The van der Waals surface area contributed by atoms with Crippen molar-refractivity contribution in [1.29, 1.82) is 0 Å². The molecular weight excluding hydrogens is 306 g/mol. The minimum Gasteiger partial charge on any atom is -0.493 e. The van der Waals surface area contributed by atoms with E-state index in [9.17, 15) is 4.79 Å². The highest BCUT2D eigenvalue weighted by Gasteiger charge is 2.38. The van der Waals surface area contributed by atoms with E-state index in [0.29, 0.717) is 19.6 Å². The topological polar surface area (TPSA) is 48.0 Å². The first-order valence-corrected chi connectivity index (χ1v) is 8.81. The Kier molecular flexibility index (Phi) is 5.29. The molecule has 0 radical (unpaired) electrons. The number of hydrogen-bond donors (Lipinski definition) is 0. The van der Waals surface area contributed by atoms with Gasteiger partial charge in [-0.2, -0.15) is 0 Å². The molecule has 1 atom stereocenters. The van der Waals surface area contributed by atoms with Crippen LogP contribution < -0.4 is 9.47 Å². The molecule has 1 aromatic carbocycles. The summed E-state index contributed by atoms with van der Waals surface area (Å²) in [6.45, 7) is 4.69. The molecule has 132 valence electrons. The first kappa shape index (κ1) is 17.1. The van der Waals surface area contributed by atoms with Crippen LogP contribution in [0.3, 0.4) is 0 Å². The minimum absolute atomic E-state index is 0.0502. The zero-order chi connectivity index (χ0) is 17.0. The lowest BCUT2D eigenvalue weighted by molar-refractivity contribution is -0.131. The number of hydrogen-bond acceptors (Lipinski definition) is 4. The quantitative estimate of drug-likeness (QED) is 0.831. The van der Waals surface area contributed by atoms with Crippen LogP contribution in [0.25, 0.3) is 0 Å². The fraction of sp³-hybridized carbons (Fsp3) is 0.632. The van der Waals surface area contributed by atoms with Crippen LogP contribution in [0, 0.1) is 6.92 Å². The minimum atomic E-state index is -0.0502. The molecule has 0 bridgehead atoms. The number of carbonyl (C=O) groups is 1. The van der Waals surface area contributed by atoms with Crippen LogP contribution >= 0.6 is 0 Å². The number of methoxy groups -OCH3 is 1. The third-order valence-corrected chi connectivity index (χ3v) is 5.11. The van der Waals surface area contributed by atoms with Gasteiger partial charge in [0.15, 0.2) is 11.5 Å². The average molecular weight is 333 g/mol. The summed E-state index contributed by atoms with van der Waals surface area (Å²) in [5, 5.41) is 0. The number of rotatable bonds is 5. The highest BCUT2D eigenvalue weighted by Crippen LogP contribution is 2.36. The molecule has 0 N–H and O–H groups in total. The van der Waals surface area contributed by atoms with Gasteiger partial charge in [-0.25, -0.2) is 0 Å². The number of amides is 1. The van der Waals surface area contributed by atoms with Crippen molar-refractivity contribution in [3.8, 4) is 11.5 Å². The standard InChI is InChI=1S/C19H27NO4/c1-15-4-5-16(17(14-15)22-2)23-13-11-20-10-9-19(7-3-12-24-19)8-6-18(20)21/h4-5,14H,3,6-13H2,1-2H3. The fourth-order valence-electron chi connectivity index (χ4n) is 3.63. The fourth-order valence-corrected chi connectivity index (χ4v) is 3.63. The second-order valence-electron chi connectivity index (χ2n) is 6.77. The number of carbonyl (C=O) groups excluding carboxylic acids is 1. The van der Waals surface area contributed by atoms with Crippen LogP contribution in [0.5, 0.6) is 11.5 Å². The van der Waals surface area contributed by atoms with Gasteiger partial charge in [-0.05, 0) is 50.3 Å². The van der Waals surface area contributed by atoms with E-state index >= 15 is 0 Å². The molecule has 1 spiro atoms. The van der Waals surface area contributed by atoms with Gasteiger partial charge < -0.3 is 19.1 Å². The highest BCUT2D eigenvalue weighted by molar-refractivity contribution is 5.76. The van der Waals surface area contributed by atoms with Gasteiger partial charge in [-0.1, -0.05) is 6.07 Å². The second-order valence-corrected chi connectivity index (χ2v) is 6.77. The molecule has 5 nitrogen and oxygen atoms in total. The van der Waals surface area contributed by atoms with E-state index < -0.39 is 0 Å². The number of benzene rings is 1. The summed E-state index contributed by atoms with van der Waals surface area (Å²) in [6.07, 6.45) is 4.57. The summed E-state index contributed by atoms with van der Waals surface area (Å²) in [5.74, 6) is 1.67. The summed E-state index contributed by atoms with van der Waals surface area (Å²) in [6, 6.07) is 5.86. The van der Waals surface area contributed by atoms with Crippen LogP contribution in [-0.4, -0.2) is 49.8 Å². The first-order chi connectivity index (χ1) is 11.6. The van der Waals surface area contributed by atoms with Gasteiger partial charge in [0.05, 0.1) is 19.3 Å². The molecule has 2 heterocycles. The van der Waals surface area contributed by atoms with Crippen LogP contribution in [0.1, 0.15) is 37.7 Å². The molecule has 1 aromatic rings. The molecule has 0 aromatic heterocycles. The number of nitrogens with zero attached hydrogens (tertiary/aromatic N) is 1. The molecule has 0 aliphatic carbocycles. The van der Waals surface area contributed by atoms with Gasteiger partial charge in [0.2, 0.25) is 5.91 Å². The summed E-state index contributed by atoms with van der Waals surface area (Å²) in [4.78, 5) is 14.3. The lowest BCUT2D eigenvalue weighted by Crippen LogP contribution is -2.35. The monoisotopic (exact) mass is 333 g/mol. The zero-order valence-corrected chi connectivity index (χ0v) is 14.7. The maximum Gasteiger partial charge on any atom is 0.222 e. The van der Waals surface area contributed by atoms with Gasteiger partial charge in [0.1, 0.15) is 6.61 Å². The van der Waals surface area contributed by atoms with Crippen molar-refractivity contribution < 1.29 is 19.0 Å². The number of aryl methyl sites for hydroxylation is 1. The zero-order valence-electron chi connectivity index (χ0n) is 14.7. The molecule has 1 unspecified atom stereocenters. The lowest BCUT2D eigenvalue weighted by Gasteiger charge is -2.26. The van der Waals surface area contributed by atoms with E-state index in [1.807, 2.05) is 30.0 Å². The van der Waals surface area contributed by atoms with E-state index in [2.05, 4.69) is 0 Å². The smallest absolute Gasteiger partial charge is 0.222 e. The summed E-state index contributed by atoms with van der Waals surface area (Å²) < 4.78 is 17.1. The molecule has 2 aliphatic heterocycles. The van der Waals surface area contributed by atoms with E-state index in [1.165, 1.54) is 0 Å². The van der Waals surface area contributed by atoms with Crippen LogP contribution in [0.15, 0.2) is 18.2 Å². The van der Waals surface area contributed by atoms with Crippen molar-refractivity contribution in [3.63, 3.8) is 0 Å². The van der Waals surface area contributed by atoms with E-state index in [0.717, 1.165) is 55.9 Å². The van der Waals surface area contributed by atoms with Crippen molar-refractivity contribution in [1.82, 2.24) is 4.90 Å². The Morgan fingerprint density at radius 3 is 2.88 bits per heavy atom. The predicted octanol–water partition coefficient (Wildman–Crippen LogP) is 2.94. The normalized spacial score (nSPS) is 24.2. The second kappa shape index (κ2) is 7.43. The third kappa shape index (κ3) is 3.83. The Bertz CT molecular complexity index is 581. The van der Waals surface area contributed by atoms with Crippen molar-refractivity contribution in [3.05, 3.63) is 23.8 Å². The molecule has 2 saturated heterocycles. The predicted molar refractivity (Wildman–Crippen MR) is 91.6 cm³/mol. The third-order valence-electron chi connectivity index (χ3n) is 5.11. The van der Waals surface area contributed by atoms with Gasteiger partial charge >= 0.3 is 0 Å². The molecule has 5 heteroatoms. The van der Waals surface area contributed by atoms with E-state index in [-0.39, 0.29) is 11.5 Å². The van der Waals surface area contributed by atoms with Gasteiger partial charge in [-0.3, -0.25) is 4.79 Å². The number of likely N-dealkylation sites (tertiary alicyclic amines) is 1. The lowest BCUT2D eigenvalue weighted by atomic mass is 9.92. The molecule has 2 aliphatic rings. The summed E-state index contributed by atoms with van der Waals surface area (Å²) in [5.41, 5.74) is 1.08. The molecular formula is C19H27NO4. The van der Waals surface area contributed by atoms with Crippen molar-refractivity contribution in [2.24, 2.45) is 0 Å². The summed E-state index contributed by atoms with van der Waals surface area (Å²) >= 11 is 0. The summed E-state index contributed by atoms with van der Waals surface area (Å²) in [7, 11) is 1.64. The van der Waals surface area contributed by atoms with Gasteiger partial charge in [0.25, 0.3) is 0 Å². The Morgan fingerprint density at radius 2 is 2.12 bits per heavy atom. The number of ether oxygens (including phenoxy) is 3. The Labute approximate surface area is 143 Å². The van der Waals surface area contributed by atoms with Gasteiger partial charge in [0, 0.05) is 19.6 Å². The van der Waals surface area contributed by atoms with E-state index in [4.69, 9.17) is 14.2 Å². The Balaban J connectivity index is 1.53. The largest absolute Gasteiger partial charge is 0.493 e. The molecule has 1 amide bonds. The average Bonchev–Trinajstić information content (AvgIpc) is 2.99. The van der Waals surface area contributed by atoms with Crippen LogP contribution in [0.2, 0.25) is 0 Å². The van der Waals surface area contributed by atoms with Crippen LogP contribution in [0.4, 0.5) is 0 Å². The van der Waals surface area contributed by atoms with E-state index in [1.54, 1.807) is 7.11 Å². The maximum atomic E-state index is 12.4. The molecule has 24 heavy (non-hydrogen) atoms. The highest BCUT2D eigenvalue weighted by atomic mass is 16.5. The first-order valence-electron chi connectivity index (χ1n) is 8.81. The maximum absolute atomic E-state index is 12.4. The van der Waals surface area contributed by atoms with Crippen molar-refractivity contribution in [2.45, 2.75) is 44.6 Å². The van der Waals surface area contributed by atoms with Crippen molar-refractivity contribution >= 4 is 5.91 Å². The van der Waals surface area contributed by atoms with Crippen LogP contribution in [-0.2, 0) is 9.53 Å². The van der Waals surface area contributed by atoms with Gasteiger partial charge in [-0.15, -0.1) is 0 Å². The molecule has 3 rings (SSSR count). The molecule has 2 fully saturated rings. The Morgan fingerprint density at radius 1 is 1.25 bits per heavy atom. The van der Waals surface area contributed by atoms with Crippen molar-refractivity contribution in [2.75, 3.05) is 33.4 Å². The SMILES string of the molecule is COc1cc(C)ccc1OCCN1CCC2(CCCO2)CCC1=O.